The molecule has 0 aliphatic heterocycles. The van der Waals surface area contributed by atoms with Crippen molar-refractivity contribution in [3.8, 4) is 5.75 Å². The fraction of sp³-hybridized carbons (Fsp3) is 0.462. The third-order valence-electron chi connectivity index (χ3n) is 2.42. The van der Waals surface area contributed by atoms with Gasteiger partial charge in [-0.2, -0.15) is 0 Å². The number of benzene rings is 1. The van der Waals surface area contributed by atoms with Crippen molar-refractivity contribution in [2.24, 2.45) is 0 Å². The van der Waals surface area contributed by atoms with Crippen molar-refractivity contribution in [2.45, 2.75) is 27.2 Å². The number of carbonyl (C=O) groups excluding carboxylic acids is 1. The number of ether oxygens (including phenoxy) is 1. The molecule has 0 amide bonds. The molecule has 0 saturated heterocycles. The quantitative estimate of drug-likeness (QED) is 0.830. The van der Waals surface area contributed by atoms with Crippen LogP contribution in [0.15, 0.2) is 12.1 Å². The van der Waals surface area contributed by atoms with Crippen LogP contribution in [0.1, 0.15) is 24.5 Å². The van der Waals surface area contributed by atoms with E-state index in [2.05, 4.69) is 11.4 Å². The van der Waals surface area contributed by atoms with Crippen molar-refractivity contribution in [1.29, 1.82) is 0 Å². The molecule has 88 valence electrons. The van der Waals surface area contributed by atoms with E-state index in [1.54, 1.807) is 14.0 Å². The van der Waals surface area contributed by atoms with Gasteiger partial charge in [-0.25, -0.2) is 0 Å². The van der Waals surface area contributed by atoms with E-state index in [0.717, 1.165) is 17.0 Å². The molecule has 0 saturated carbocycles. The Bertz CT molecular complexity index is 386. The number of rotatable bonds is 5. The van der Waals surface area contributed by atoms with E-state index in [1.165, 1.54) is 5.56 Å². The lowest BCUT2D eigenvalue weighted by atomic mass is 10.1. The maximum atomic E-state index is 10.9. The molecule has 0 aromatic heterocycles. The van der Waals surface area contributed by atoms with Crippen LogP contribution in [0.4, 0.5) is 5.69 Å². The fourth-order valence-corrected chi connectivity index (χ4v) is 1.73. The Labute approximate surface area is 96.8 Å². The van der Waals surface area contributed by atoms with E-state index in [9.17, 15) is 4.79 Å². The molecule has 0 fully saturated rings. The van der Waals surface area contributed by atoms with Gasteiger partial charge in [0.25, 0.3) is 0 Å². The Hall–Kier alpha value is -1.51. The van der Waals surface area contributed by atoms with E-state index in [4.69, 9.17) is 4.74 Å². The van der Waals surface area contributed by atoms with Gasteiger partial charge in [-0.1, -0.05) is 6.07 Å². The van der Waals surface area contributed by atoms with E-state index < -0.39 is 0 Å². The molecule has 0 unspecified atom stereocenters. The van der Waals surface area contributed by atoms with Crippen molar-refractivity contribution < 1.29 is 9.53 Å². The standard InChI is InChI=1S/C13H19NO2/c1-9-7-10(2)13(16-4)12(8-9)14-6-5-11(3)15/h7-8,14H,5-6H2,1-4H3. The van der Waals surface area contributed by atoms with Crippen molar-refractivity contribution >= 4 is 11.5 Å². The van der Waals surface area contributed by atoms with Gasteiger partial charge in [0.05, 0.1) is 12.8 Å². The summed E-state index contributed by atoms with van der Waals surface area (Å²) in [5, 5.41) is 3.23. The molecule has 0 heterocycles. The Morgan fingerprint density at radius 2 is 2.06 bits per heavy atom. The highest BCUT2D eigenvalue weighted by molar-refractivity contribution is 5.76. The van der Waals surface area contributed by atoms with Crippen molar-refractivity contribution in [1.82, 2.24) is 0 Å². The van der Waals surface area contributed by atoms with Crippen LogP contribution in [0.25, 0.3) is 0 Å². The molecule has 0 aliphatic rings. The summed E-state index contributed by atoms with van der Waals surface area (Å²) < 4.78 is 5.34. The van der Waals surface area contributed by atoms with Crippen molar-refractivity contribution in [3.05, 3.63) is 23.3 Å². The first-order chi connectivity index (χ1) is 7.54. The van der Waals surface area contributed by atoms with Gasteiger partial charge in [0.15, 0.2) is 0 Å². The first-order valence-electron chi connectivity index (χ1n) is 5.43. The van der Waals surface area contributed by atoms with Gasteiger partial charge < -0.3 is 10.1 Å². The lowest BCUT2D eigenvalue weighted by Gasteiger charge is -2.14. The first kappa shape index (κ1) is 12.6. The smallest absolute Gasteiger partial charge is 0.144 e. The Morgan fingerprint density at radius 3 is 2.62 bits per heavy atom. The lowest BCUT2D eigenvalue weighted by Crippen LogP contribution is -2.07. The van der Waals surface area contributed by atoms with Crippen LogP contribution >= 0.6 is 0 Å². The zero-order valence-corrected chi connectivity index (χ0v) is 10.4. The Balaban J connectivity index is 2.81. The zero-order chi connectivity index (χ0) is 12.1. The van der Waals surface area contributed by atoms with Gasteiger partial charge in [-0.15, -0.1) is 0 Å². The Kier molecular flexibility index (Phi) is 4.35. The second-order valence-electron chi connectivity index (χ2n) is 4.04. The van der Waals surface area contributed by atoms with Crippen LogP contribution in [0, 0.1) is 13.8 Å². The number of hydrogen-bond acceptors (Lipinski definition) is 3. The van der Waals surface area contributed by atoms with Crippen LogP contribution < -0.4 is 10.1 Å². The molecule has 1 aromatic carbocycles. The second-order valence-corrected chi connectivity index (χ2v) is 4.04. The second kappa shape index (κ2) is 5.54. The number of Topliss-reactive ketones (excluding diaryl/α,β-unsaturated/α-hetero) is 1. The normalized spacial score (nSPS) is 10.0. The van der Waals surface area contributed by atoms with Crippen LogP contribution in [-0.2, 0) is 4.79 Å². The molecule has 0 aliphatic carbocycles. The third kappa shape index (κ3) is 3.26. The third-order valence-corrected chi connectivity index (χ3v) is 2.42. The monoisotopic (exact) mass is 221 g/mol. The molecule has 0 radical (unpaired) electrons. The van der Waals surface area contributed by atoms with Crippen molar-refractivity contribution in [2.75, 3.05) is 19.0 Å². The van der Waals surface area contributed by atoms with Gasteiger partial charge in [0, 0.05) is 13.0 Å². The molecule has 3 nitrogen and oxygen atoms in total. The summed E-state index contributed by atoms with van der Waals surface area (Å²) in [6.45, 7) is 6.31. The van der Waals surface area contributed by atoms with Crippen LogP contribution in [0.3, 0.4) is 0 Å². The van der Waals surface area contributed by atoms with E-state index in [0.29, 0.717) is 13.0 Å². The number of anilines is 1. The Morgan fingerprint density at radius 1 is 1.38 bits per heavy atom. The molecule has 0 spiro atoms. The van der Waals surface area contributed by atoms with Gasteiger partial charge in [-0.3, -0.25) is 4.79 Å². The summed E-state index contributed by atoms with van der Waals surface area (Å²) in [6, 6.07) is 4.11. The highest BCUT2D eigenvalue weighted by atomic mass is 16.5. The highest BCUT2D eigenvalue weighted by Crippen LogP contribution is 2.29. The summed E-state index contributed by atoms with van der Waals surface area (Å²) in [5.41, 5.74) is 3.25. The average Bonchev–Trinajstić information content (AvgIpc) is 2.16. The van der Waals surface area contributed by atoms with Gasteiger partial charge >= 0.3 is 0 Å². The van der Waals surface area contributed by atoms with Gasteiger partial charge in [0.1, 0.15) is 11.5 Å². The maximum absolute atomic E-state index is 10.9. The molecule has 0 atom stereocenters. The summed E-state index contributed by atoms with van der Waals surface area (Å²) in [4.78, 5) is 10.9. The first-order valence-corrected chi connectivity index (χ1v) is 5.43. The van der Waals surface area contributed by atoms with E-state index in [-0.39, 0.29) is 5.78 Å². The predicted octanol–water partition coefficient (Wildman–Crippen LogP) is 2.70. The minimum absolute atomic E-state index is 0.191. The molecular weight excluding hydrogens is 202 g/mol. The number of hydrogen-bond donors (Lipinski definition) is 1. The predicted molar refractivity (Wildman–Crippen MR) is 66.3 cm³/mol. The lowest BCUT2D eigenvalue weighted by molar-refractivity contribution is -0.116. The summed E-state index contributed by atoms with van der Waals surface area (Å²) >= 11 is 0. The SMILES string of the molecule is COc1c(C)cc(C)cc1NCCC(C)=O. The summed E-state index contributed by atoms with van der Waals surface area (Å²) in [7, 11) is 1.66. The molecule has 0 bridgehead atoms. The number of ketones is 1. The number of carbonyl (C=O) groups is 1. The molecule has 1 N–H and O–H groups in total. The van der Waals surface area contributed by atoms with Crippen LogP contribution in [0.5, 0.6) is 5.75 Å². The summed E-state index contributed by atoms with van der Waals surface area (Å²) in [6.07, 6.45) is 0.538. The van der Waals surface area contributed by atoms with Crippen molar-refractivity contribution in [3.63, 3.8) is 0 Å². The zero-order valence-electron chi connectivity index (χ0n) is 10.4. The average molecular weight is 221 g/mol. The largest absolute Gasteiger partial charge is 0.494 e. The topological polar surface area (TPSA) is 38.3 Å². The molecular formula is C13H19NO2. The number of aryl methyl sites for hydroxylation is 2. The van der Waals surface area contributed by atoms with E-state index in [1.807, 2.05) is 19.9 Å². The maximum Gasteiger partial charge on any atom is 0.144 e. The molecule has 1 rings (SSSR count). The van der Waals surface area contributed by atoms with Crippen LogP contribution in [0.2, 0.25) is 0 Å². The number of methoxy groups -OCH3 is 1. The van der Waals surface area contributed by atoms with Crippen LogP contribution in [-0.4, -0.2) is 19.4 Å². The minimum atomic E-state index is 0.191. The minimum Gasteiger partial charge on any atom is -0.494 e. The van der Waals surface area contributed by atoms with E-state index >= 15 is 0 Å². The highest BCUT2D eigenvalue weighted by Gasteiger charge is 2.06. The van der Waals surface area contributed by atoms with Gasteiger partial charge in [-0.05, 0) is 38.0 Å². The molecule has 16 heavy (non-hydrogen) atoms. The fourth-order valence-electron chi connectivity index (χ4n) is 1.73. The molecule has 3 heteroatoms. The number of nitrogens with one attached hydrogen (secondary N) is 1. The molecule has 1 aromatic rings. The summed E-state index contributed by atoms with van der Waals surface area (Å²) in [5.74, 6) is 1.05. The van der Waals surface area contributed by atoms with Gasteiger partial charge in [0.2, 0.25) is 0 Å².